The van der Waals surface area contributed by atoms with Crippen molar-refractivity contribution in [2.24, 2.45) is 5.92 Å². The van der Waals surface area contributed by atoms with Gasteiger partial charge in [-0.3, -0.25) is 14.9 Å². The Hall–Kier alpha value is -2.57. The van der Waals surface area contributed by atoms with Crippen molar-refractivity contribution >= 4 is 17.0 Å². The van der Waals surface area contributed by atoms with E-state index in [4.69, 9.17) is 4.42 Å². The summed E-state index contributed by atoms with van der Waals surface area (Å²) < 4.78 is 6.03. The van der Waals surface area contributed by atoms with Crippen LogP contribution in [0, 0.1) is 5.92 Å². The number of aromatic amines is 2. The van der Waals surface area contributed by atoms with Crippen molar-refractivity contribution in [1.82, 2.24) is 20.2 Å². The van der Waals surface area contributed by atoms with E-state index >= 15 is 0 Å². The van der Waals surface area contributed by atoms with Gasteiger partial charge in [-0.2, -0.15) is 10.1 Å². The minimum atomic E-state index is -0.165. The summed E-state index contributed by atoms with van der Waals surface area (Å²) in [5, 5.41) is 7.16. The Morgan fingerprint density at radius 3 is 2.96 bits per heavy atom. The fourth-order valence-corrected chi connectivity index (χ4v) is 3.30. The number of fused-ring (bicyclic) bond motifs is 1. The molecule has 124 valence electrons. The lowest BCUT2D eigenvalue weighted by Crippen LogP contribution is -2.29. The molecule has 7 nitrogen and oxygen atoms in total. The quantitative estimate of drug-likeness (QED) is 0.752. The van der Waals surface area contributed by atoms with Crippen molar-refractivity contribution < 1.29 is 4.42 Å². The Balaban J connectivity index is 1.46. The zero-order chi connectivity index (χ0) is 16.3. The van der Waals surface area contributed by atoms with Gasteiger partial charge in [0, 0.05) is 12.0 Å². The van der Waals surface area contributed by atoms with Gasteiger partial charge < -0.3 is 9.32 Å². The van der Waals surface area contributed by atoms with Crippen LogP contribution in [0.3, 0.4) is 0 Å². The second kappa shape index (κ2) is 4.96. The van der Waals surface area contributed by atoms with Gasteiger partial charge in [0.1, 0.15) is 16.9 Å². The number of nitrogens with one attached hydrogen (secondary N) is 2. The lowest BCUT2D eigenvalue weighted by atomic mass is 10.3. The van der Waals surface area contributed by atoms with Crippen LogP contribution in [0.2, 0.25) is 0 Å². The molecule has 2 aliphatic rings. The molecular formula is C17H19N5O2. The first-order valence-electron chi connectivity index (χ1n) is 8.47. The highest BCUT2D eigenvalue weighted by atomic mass is 16.3. The molecule has 2 fully saturated rings. The largest absolute Gasteiger partial charge is 0.464 e. The van der Waals surface area contributed by atoms with Crippen LogP contribution in [0.1, 0.15) is 43.6 Å². The van der Waals surface area contributed by atoms with Crippen LogP contribution in [0.5, 0.6) is 0 Å². The molecule has 3 aromatic rings. The fourth-order valence-electron chi connectivity index (χ4n) is 3.30. The molecule has 3 heterocycles. The topological polar surface area (TPSA) is 90.8 Å². The number of nitrogens with zero attached hydrogens (tertiary/aromatic N) is 3. The molecule has 0 aliphatic heterocycles. The van der Waals surface area contributed by atoms with Gasteiger partial charge in [-0.15, -0.1) is 0 Å². The smallest absolute Gasteiger partial charge is 0.263 e. The summed E-state index contributed by atoms with van der Waals surface area (Å²) >= 11 is 0. The van der Waals surface area contributed by atoms with E-state index in [9.17, 15) is 4.79 Å². The summed E-state index contributed by atoms with van der Waals surface area (Å²) in [6.45, 7) is 2.87. The third-order valence-corrected chi connectivity index (χ3v) is 5.05. The van der Waals surface area contributed by atoms with Gasteiger partial charge in [0.25, 0.3) is 5.56 Å². The van der Waals surface area contributed by atoms with Crippen LogP contribution in [0.4, 0.5) is 5.95 Å². The molecule has 7 heteroatoms. The average molecular weight is 325 g/mol. The number of H-pyrrole nitrogens is 2. The fraction of sp³-hybridized carbons (Fsp3) is 0.471. The van der Waals surface area contributed by atoms with E-state index in [1.54, 1.807) is 0 Å². The third-order valence-electron chi connectivity index (χ3n) is 5.05. The summed E-state index contributed by atoms with van der Waals surface area (Å²) in [5.74, 6) is 3.89. The first-order chi connectivity index (χ1) is 11.7. The van der Waals surface area contributed by atoms with Gasteiger partial charge in [0.15, 0.2) is 5.65 Å². The van der Waals surface area contributed by atoms with E-state index in [2.05, 4.69) is 38.1 Å². The predicted octanol–water partition coefficient (Wildman–Crippen LogP) is 2.53. The minimum absolute atomic E-state index is 0.165. The molecule has 0 saturated heterocycles. The predicted molar refractivity (Wildman–Crippen MR) is 88.9 cm³/mol. The normalized spacial score (nSPS) is 22.9. The average Bonchev–Trinajstić information content (AvgIpc) is 3.43. The van der Waals surface area contributed by atoms with Gasteiger partial charge in [-0.05, 0) is 37.3 Å². The highest BCUT2D eigenvalue weighted by molar-refractivity contribution is 5.73. The Morgan fingerprint density at radius 2 is 2.21 bits per heavy atom. The van der Waals surface area contributed by atoms with E-state index in [1.807, 2.05) is 6.07 Å². The maximum absolute atomic E-state index is 12.2. The van der Waals surface area contributed by atoms with E-state index in [-0.39, 0.29) is 5.56 Å². The SMILES string of the molecule is C[C@@H]1C[C@@H]1c1ccc(CN(c2nc3[nH]ncc3c(=O)[nH]2)C2CC2)o1. The Labute approximate surface area is 138 Å². The molecule has 0 spiro atoms. The second-order valence-electron chi connectivity index (χ2n) is 7.00. The van der Waals surface area contributed by atoms with Gasteiger partial charge in [-0.25, -0.2) is 0 Å². The maximum atomic E-state index is 12.2. The number of aromatic nitrogens is 4. The van der Waals surface area contributed by atoms with E-state index < -0.39 is 0 Å². The van der Waals surface area contributed by atoms with Crippen LogP contribution in [-0.2, 0) is 6.54 Å². The van der Waals surface area contributed by atoms with Gasteiger partial charge in [0.05, 0.1) is 12.7 Å². The molecule has 2 atom stereocenters. The molecule has 0 bridgehead atoms. The lowest BCUT2D eigenvalue weighted by molar-refractivity contribution is 0.455. The van der Waals surface area contributed by atoms with E-state index in [0.29, 0.717) is 35.5 Å². The molecule has 24 heavy (non-hydrogen) atoms. The number of rotatable bonds is 5. The molecule has 0 radical (unpaired) electrons. The molecule has 0 aromatic carbocycles. The standard InChI is InChI=1S/C17H19N5O2/c1-9-6-12(9)14-5-4-11(24-14)8-22(10-2-3-10)17-19-15-13(7-18-21-15)16(23)20-17/h4-5,7,9-10,12H,2-3,6,8H2,1H3,(H2,18,19,20,21,23)/t9-,12+/m1/s1. The number of furan rings is 1. The third kappa shape index (κ3) is 2.31. The van der Waals surface area contributed by atoms with Gasteiger partial charge in [-0.1, -0.05) is 6.92 Å². The monoisotopic (exact) mass is 325 g/mol. The Morgan fingerprint density at radius 1 is 1.38 bits per heavy atom. The van der Waals surface area contributed by atoms with Crippen molar-refractivity contribution in [3.63, 3.8) is 0 Å². The van der Waals surface area contributed by atoms with Crippen molar-refractivity contribution in [2.45, 2.75) is 44.7 Å². The highest BCUT2D eigenvalue weighted by Crippen LogP contribution is 2.47. The van der Waals surface area contributed by atoms with Crippen molar-refractivity contribution in [2.75, 3.05) is 4.90 Å². The van der Waals surface area contributed by atoms with Crippen LogP contribution in [0.25, 0.3) is 11.0 Å². The maximum Gasteiger partial charge on any atom is 0.263 e. The number of anilines is 1. The van der Waals surface area contributed by atoms with Crippen molar-refractivity contribution in [3.05, 3.63) is 40.2 Å². The molecule has 5 rings (SSSR count). The second-order valence-corrected chi connectivity index (χ2v) is 7.00. The summed E-state index contributed by atoms with van der Waals surface area (Å²) in [5.41, 5.74) is 0.354. The molecule has 2 N–H and O–H groups in total. The first-order valence-corrected chi connectivity index (χ1v) is 8.47. The summed E-state index contributed by atoms with van der Waals surface area (Å²) in [4.78, 5) is 21.7. The molecular weight excluding hydrogens is 306 g/mol. The molecule has 2 saturated carbocycles. The van der Waals surface area contributed by atoms with Crippen molar-refractivity contribution in [3.8, 4) is 0 Å². The zero-order valence-electron chi connectivity index (χ0n) is 13.5. The van der Waals surface area contributed by atoms with Crippen molar-refractivity contribution in [1.29, 1.82) is 0 Å². The van der Waals surface area contributed by atoms with E-state index in [0.717, 1.165) is 30.3 Å². The Bertz CT molecular complexity index is 951. The summed E-state index contributed by atoms with van der Waals surface area (Å²) in [6, 6.07) is 4.53. The number of hydrogen-bond donors (Lipinski definition) is 2. The first kappa shape index (κ1) is 13.8. The molecule has 0 amide bonds. The van der Waals surface area contributed by atoms with E-state index in [1.165, 1.54) is 12.6 Å². The molecule has 2 aliphatic carbocycles. The molecule has 3 aromatic heterocycles. The summed E-state index contributed by atoms with van der Waals surface area (Å²) in [7, 11) is 0. The lowest BCUT2D eigenvalue weighted by Gasteiger charge is -2.21. The van der Waals surface area contributed by atoms with Crippen LogP contribution in [0.15, 0.2) is 27.5 Å². The Kier molecular flexibility index (Phi) is 2.86. The number of hydrogen-bond acceptors (Lipinski definition) is 5. The van der Waals surface area contributed by atoms with Crippen LogP contribution < -0.4 is 10.5 Å². The molecule has 0 unspecified atom stereocenters. The highest BCUT2D eigenvalue weighted by Gasteiger charge is 2.37. The van der Waals surface area contributed by atoms with Crippen LogP contribution >= 0.6 is 0 Å². The summed E-state index contributed by atoms with van der Waals surface area (Å²) in [6.07, 6.45) is 4.93. The van der Waals surface area contributed by atoms with Gasteiger partial charge >= 0.3 is 0 Å². The van der Waals surface area contributed by atoms with Crippen LogP contribution in [-0.4, -0.2) is 26.2 Å². The zero-order valence-corrected chi connectivity index (χ0v) is 13.5. The minimum Gasteiger partial charge on any atom is -0.464 e. The van der Waals surface area contributed by atoms with Gasteiger partial charge in [0.2, 0.25) is 5.95 Å².